The number of aromatic nitrogens is 3. The predicted octanol–water partition coefficient (Wildman–Crippen LogP) is 4.24. The summed E-state index contributed by atoms with van der Waals surface area (Å²) in [5.41, 5.74) is 2.17. The first-order chi connectivity index (χ1) is 16.1. The van der Waals surface area contributed by atoms with Crippen LogP contribution in [0.4, 0.5) is 15.9 Å². The zero-order chi connectivity index (χ0) is 24.2. The molecule has 0 spiro atoms. The number of hydrogen-bond acceptors (Lipinski definition) is 5. The Morgan fingerprint density at radius 1 is 1.09 bits per heavy atom. The van der Waals surface area contributed by atoms with E-state index in [0.29, 0.717) is 13.1 Å². The summed E-state index contributed by atoms with van der Waals surface area (Å²) in [6.07, 6.45) is 4.80. The molecule has 0 unspecified atom stereocenters. The summed E-state index contributed by atoms with van der Waals surface area (Å²) < 4.78 is 16.0. The molecule has 5 rings (SSSR count). The average molecular weight is 465 g/mol. The molecule has 2 aliphatic heterocycles. The summed E-state index contributed by atoms with van der Waals surface area (Å²) in [5.74, 6) is 0.781. The molecule has 0 radical (unpaired) electrons. The van der Waals surface area contributed by atoms with Crippen LogP contribution in [0.25, 0.3) is 16.7 Å². The number of rotatable bonds is 3. The first kappa shape index (κ1) is 22.6. The summed E-state index contributed by atoms with van der Waals surface area (Å²) >= 11 is 0. The Hall–Kier alpha value is -3.16. The lowest BCUT2D eigenvalue weighted by Crippen LogP contribution is -2.60. The molecule has 34 heavy (non-hydrogen) atoms. The Bertz CT molecular complexity index is 1230. The van der Waals surface area contributed by atoms with Crippen molar-refractivity contribution in [3.63, 3.8) is 0 Å². The molecule has 8 heteroatoms. The average Bonchev–Trinajstić information content (AvgIpc) is 3.12. The van der Waals surface area contributed by atoms with Crippen molar-refractivity contribution in [1.29, 1.82) is 0 Å². The van der Waals surface area contributed by atoms with Crippen LogP contribution in [0.5, 0.6) is 0 Å². The van der Waals surface area contributed by atoms with Gasteiger partial charge in [0.05, 0.1) is 11.1 Å². The smallest absolute Gasteiger partial charge is 0.228 e. The van der Waals surface area contributed by atoms with Gasteiger partial charge in [-0.05, 0) is 38.5 Å². The van der Waals surface area contributed by atoms with Crippen LogP contribution in [0.3, 0.4) is 0 Å². The Labute approximate surface area is 200 Å². The minimum Gasteiger partial charge on any atom is -0.369 e. The van der Waals surface area contributed by atoms with Crippen LogP contribution in [-0.2, 0) is 4.79 Å². The SMILES string of the molecule is C[C@@H]1CN(c2ncnc3c2c(N2CCC2)cn3-c2cccc(F)c2)[C@@H](C)CN1C(=O)C(C)(C)C. The summed E-state index contributed by atoms with van der Waals surface area (Å²) in [7, 11) is 0. The minimum absolute atomic E-state index is 0.0608. The lowest BCUT2D eigenvalue weighted by molar-refractivity contribution is -0.142. The van der Waals surface area contributed by atoms with Gasteiger partial charge >= 0.3 is 0 Å². The second-order valence-electron chi connectivity index (χ2n) is 10.7. The molecule has 2 fully saturated rings. The van der Waals surface area contributed by atoms with Crippen molar-refractivity contribution in [2.75, 3.05) is 36.0 Å². The number of amides is 1. The molecule has 7 nitrogen and oxygen atoms in total. The van der Waals surface area contributed by atoms with Crippen LogP contribution in [0, 0.1) is 11.2 Å². The highest BCUT2D eigenvalue weighted by Crippen LogP contribution is 2.39. The molecule has 0 aliphatic carbocycles. The third-order valence-corrected chi connectivity index (χ3v) is 6.99. The third kappa shape index (κ3) is 3.79. The van der Waals surface area contributed by atoms with E-state index >= 15 is 0 Å². The van der Waals surface area contributed by atoms with Crippen molar-refractivity contribution in [1.82, 2.24) is 19.4 Å². The van der Waals surface area contributed by atoms with Crippen molar-refractivity contribution in [2.24, 2.45) is 5.41 Å². The fraction of sp³-hybridized carbons (Fsp3) is 0.500. The van der Waals surface area contributed by atoms with E-state index in [1.54, 1.807) is 12.4 Å². The highest BCUT2D eigenvalue weighted by Gasteiger charge is 2.38. The van der Waals surface area contributed by atoms with Gasteiger partial charge in [-0.25, -0.2) is 14.4 Å². The topological polar surface area (TPSA) is 57.5 Å². The van der Waals surface area contributed by atoms with Gasteiger partial charge in [-0.2, -0.15) is 0 Å². The van der Waals surface area contributed by atoms with Crippen LogP contribution in [0.1, 0.15) is 41.0 Å². The van der Waals surface area contributed by atoms with Gasteiger partial charge in [-0.3, -0.25) is 9.36 Å². The summed E-state index contributed by atoms with van der Waals surface area (Å²) in [4.78, 5) is 29.1. The van der Waals surface area contributed by atoms with Gasteiger partial charge in [0.15, 0.2) is 5.65 Å². The number of benzene rings is 1. The second-order valence-corrected chi connectivity index (χ2v) is 10.7. The molecule has 0 bridgehead atoms. The molecule has 2 aliphatic rings. The van der Waals surface area contributed by atoms with Gasteiger partial charge in [0.1, 0.15) is 18.0 Å². The van der Waals surface area contributed by atoms with E-state index < -0.39 is 5.41 Å². The molecule has 2 aromatic heterocycles. The summed E-state index contributed by atoms with van der Waals surface area (Å²) in [6, 6.07) is 6.76. The Morgan fingerprint density at radius 3 is 2.50 bits per heavy atom. The van der Waals surface area contributed by atoms with Crippen molar-refractivity contribution in [3.8, 4) is 5.69 Å². The number of anilines is 2. The Balaban J connectivity index is 1.59. The number of fused-ring (bicyclic) bond motifs is 1. The van der Waals surface area contributed by atoms with Crippen LogP contribution in [0.15, 0.2) is 36.8 Å². The Kier molecular flexibility index (Phi) is 5.49. The molecular formula is C26H33FN6O. The fourth-order valence-electron chi connectivity index (χ4n) is 5.00. The standard InChI is InChI=1S/C26H33FN6O/c1-17-14-32(25(34)26(3,4)5)18(2)13-31(17)23-22-21(30-10-7-11-30)15-33(24(22)29-16-28-23)20-9-6-8-19(27)12-20/h6,8-9,12,15-18H,7,10-11,13-14H2,1-5H3/t17-,18+/m0/s1. The first-order valence-electron chi connectivity index (χ1n) is 12.1. The van der Waals surface area contributed by atoms with E-state index in [2.05, 4.69) is 34.8 Å². The number of nitrogens with zero attached hydrogens (tertiary/aromatic N) is 6. The van der Waals surface area contributed by atoms with Gasteiger partial charge in [0, 0.05) is 55.6 Å². The number of carbonyl (C=O) groups is 1. The maximum absolute atomic E-state index is 14.0. The van der Waals surface area contributed by atoms with E-state index in [1.807, 2.05) is 36.3 Å². The Morgan fingerprint density at radius 2 is 1.85 bits per heavy atom. The van der Waals surface area contributed by atoms with Gasteiger partial charge in [-0.1, -0.05) is 26.8 Å². The number of halogens is 1. The second kappa shape index (κ2) is 8.25. The lowest BCUT2D eigenvalue weighted by Gasteiger charge is -2.46. The van der Waals surface area contributed by atoms with Gasteiger partial charge in [0.2, 0.25) is 5.91 Å². The monoisotopic (exact) mass is 464 g/mol. The van der Waals surface area contributed by atoms with Crippen LogP contribution in [-0.4, -0.2) is 63.6 Å². The molecule has 2 saturated heterocycles. The number of carbonyl (C=O) groups excluding carboxylic acids is 1. The molecule has 1 amide bonds. The molecule has 180 valence electrons. The fourth-order valence-corrected chi connectivity index (χ4v) is 5.00. The van der Waals surface area contributed by atoms with Gasteiger partial charge in [-0.15, -0.1) is 0 Å². The van der Waals surface area contributed by atoms with Crippen molar-refractivity contribution in [2.45, 2.75) is 53.1 Å². The molecule has 2 atom stereocenters. The van der Waals surface area contributed by atoms with E-state index in [0.717, 1.165) is 47.7 Å². The maximum Gasteiger partial charge on any atom is 0.228 e. The largest absolute Gasteiger partial charge is 0.369 e. The molecule has 3 aromatic rings. The van der Waals surface area contributed by atoms with Crippen molar-refractivity contribution < 1.29 is 9.18 Å². The highest BCUT2D eigenvalue weighted by molar-refractivity contribution is 6.01. The zero-order valence-electron chi connectivity index (χ0n) is 20.6. The molecular weight excluding hydrogens is 431 g/mol. The first-order valence-corrected chi connectivity index (χ1v) is 12.1. The molecule has 0 saturated carbocycles. The highest BCUT2D eigenvalue weighted by atomic mass is 19.1. The lowest BCUT2D eigenvalue weighted by atomic mass is 9.92. The van der Waals surface area contributed by atoms with Crippen molar-refractivity contribution >= 4 is 28.4 Å². The van der Waals surface area contributed by atoms with Gasteiger partial charge < -0.3 is 14.7 Å². The quantitative estimate of drug-likeness (QED) is 0.580. The molecule has 0 N–H and O–H groups in total. The van der Waals surface area contributed by atoms with E-state index in [9.17, 15) is 9.18 Å². The maximum atomic E-state index is 14.0. The molecule has 1 aromatic carbocycles. The van der Waals surface area contributed by atoms with Crippen LogP contribution >= 0.6 is 0 Å². The zero-order valence-corrected chi connectivity index (χ0v) is 20.6. The van der Waals surface area contributed by atoms with Gasteiger partial charge in [0.25, 0.3) is 0 Å². The molecule has 4 heterocycles. The predicted molar refractivity (Wildman–Crippen MR) is 133 cm³/mol. The third-order valence-electron chi connectivity index (χ3n) is 6.99. The van der Waals surface area contributed by atoms with E-state index in [4.69, 9.17) is 4.98 Å². The van der Waals surface area contributed by atoms with Crippen molar-refractivity contribution in [3.05, 3.63) is 42.6 Å². The van der Waals surface area contributed by atoms with Crippen LogP contribution < -0.4 is 9.80 Å². The normalized spacial score (nSPS) is 21.2. The minimum atomic E-state index is -0.412. The van der Waals surface area contributed by atoms with E-state index in [1.165, 1.54) is 12.1 Å². The van der Waals surface area contributed by atoms with E-state index in [-0.39, 0.29) is 23.8 Å². The number of hydrogen-bond donors (Lipinski definition) is 0. The number of piperazine rings is 1. The van der Waals surface area contributed by atoms with Crippen LogP contribution in [0.2, 0.25) is 0 Å². The summed E-state index contributed by atoms with van der Waals surface area (Å²) in [5, 5.41) is 0.987. The summed E-state index contributed by atoms with van der Waals surface area (Å²) in [6.45, 7) is 13.5.